The van der Waals surface area contributed by atoms with Crippen molar-refractivity contribution in [2.45, 2.75) is 58.6 Å². The van der Waals surface area contributed by atoms with E-state index in [1.54, 1.807) is 0 Å². The molecule has 1 aromatic carbocycles. The van der Waals surface area contributed by atoms with Crippen molar-refractivity contribution in [1.82, 2.24) is 0 Å². The van der Waals surface area contributed by atoms with E-state index < -0.39 is 0 Å². The van der Waals surface area contributed by atoms with Gasteiger partial charge in [-0.05, 0) is 37.0 Å². The number of ether oxygens (including phenoxy) is 2. The number of rotatable bonds is 5. The van der Waals surface area contributed by atoms with Crippen LogP contribution < -0.4 is 15.2 Å². The van der Waals surface area contributed by atoms with Gasteiger partial charge in [-0.25, -0.2) is 0 Å². The molecule has 0 aliphatic carbocycles. The normalized spacial score (nSPS) is 20.4. The van der Waals surface area contributed by atoms with Crippen molar-refractivity contribution >= 4 is 0 Å². The van der Waals surface area contributed by atoms with Crippen molar-refractivity contribution in [3.63, 3.8) is 0 Å². The van der Waals surface area contributed by atoms with Gasteiger partial charge in [0.25, 0.3) is 0 Å². The van der Waals surface area contributed by atoms with Crippen LogP contribution in [0.1, 0.15) is 58.6 Å². The lowest BCUT2D eigenvalue weighted by atomic mass is 9.84. The van der Waals surface area contributed by atoms with Gasteiger partial charge in [-0.3, -0.25) is 0 Å². The highest BCUT2D eigenvalue weighted by atomic mass is 16.5. The Labute approximate surface area is 122 Å². The van der Waals surface area contributed by atoms with Crippen LogP contribution in [0.5, 0.6) is 11.5 Å². The molecule has 1 aliphatic heterocycles. The third-order valence-corrected chi connectivity index (χ3v) is 4.17. The Morgan fingerprint density at radius 2 is 2.05 bits per heavy atom. The first-order chi connectivity index (χ1) is 9.49. The van der Waals surface area contributed by atoms with Crippen LogP contribution in [0.2, 0.25) is 0 Å². The molecule has 20 heavy (non-hydrogen) atoms. The maximum absolute atomic E-state index is 6.36. The first kappa shape index (κ1) is 15.2. The molecule has 0 radical (unpaired) electrons. The van der Waals surface area contributed by atoms with E-state index in [1.807, 2.05) is 18.2 Å². The first-order valence-corrected chi connectivity index (χ1v) is 7.71. The van der Waals surface area contributed by atoms with Crippen molar-refractivity contribution in [2.75, 3.05) is 6.61 Å². The summed E-state index contributed by atoms with van der Waals surface area (Å²) >= 11 is 0. The van der Waals surface area contributed by atoms with E-state index in [9.17, 15) is 0 Å². The van der Waals surface area contributed by atoms with Gasteiger partial charge in [-0.15, -0.1) is 0 Å². The predicted octanol–water partition coefficient (Wildman–Crippen LogP) is 4.06. The highest BCUT2D eigenvalue weighted by Gasteiger charge is 2.37. The Morgan fingerprint density at radius 3 is 2.65 bits per heavy atom. The summed E-state index contributed by atoms with van der Waals surface area (Å²) in [7, 11) is 0. The van der Waals surface area contributed by atoms with Crippen LogP contribution in [0.15, 0.2) is 18.2 Å². The Hall–Kier alpha value is -1.22. The summed E-state index contributed by atoms with van der Waals surface area (Å²) in [4.78, 5) is 0. The molecule has 0 saturated carbocycles. The average molecular weight is 277 g/mol. The zero-order valence-electron chi connectivity index (χ0n) is 13.1. The number of hydrogen-bond acceptors (Lipinski definition) is 3. The van der Waals surface area contributed by atoms with Crippen molar-refractivity contribution in [3.05, 3.63) is 23.8 Å². The third kappa shape index (κ3) is 3.09. The molecule has 0 amide bonds. The molecule has 0 saturated heterocycles. The summed E-state index contributed by atoms with van der Waals surface area (Å²) in [5, 5.41) is 0. The third-order valence-electron chi connectivity index (χ3n) is 4.17. The molecule has 1 aromatic rings. The molecule has 0 fully saturated rings. The summed E-state index contributed by atoms with van der Waals surface area (Å²) in [6, 6.07) is 6.05. The zero-order valence-corrected chi connectivity index (χ0v) is 13.1. The standard InChI is InChI=1S/C17H27NO2/c1-5-17(6-2)10-15(18)14-9-13(19-11-12(3)4)7-8-16(14)20-17/h7-9,12,15H,5-6,10-11,18H2,1-4H3. The molecular weight excluding hydrogens is 250 g/mol. The van der Waals surface area contributed by atoms with E-state index in [4.69, 9.17) is 15.2 Å². The minimum atomic E-state index is -0.104. The molecule has 3 heteroatoms. The van der Waals surface area contributed by atoms with Gasteiger partial charge in [-0.2, -0.15) is 0 Å². The summed E-state index contributed by atoms with van der Waals surface area (Å²) < 4.78 is 12.0. The van der Waals surface area contributed by atoms with Gasteiger partial charge in [0.15, 0.2) is 0 Å². The fourth-order valence-electron chi connectivity index (χ4n) is 2.73. The van der Waals surface area contributed by atoms with Crippen LogP contribution in [0, 0.1) is 5.92 Å². The average Bonchev–Trinajstić information content (AvgIpc) is 2.45. The van der Waals surface area contributed by atoms with Crippen molar-refractivity contribution in [2.24, 2.45) is 11.7 Å². The number of fused-ring (bicyclic) bond motifs is 1. The van der Waals surface area contributed by atoms with Gasteiger partial charge in [0, 0.05) is 18.0 Å². The Kier molecular flexibility index (Phi) is 4.59. The van der Waals surface area contributed by atoms with E-state index >= 15 is 0 Å². The Morgan fingerprint density at radius 1 is 1.35 bits per heavy atom. The number of nitrogens with two attached hydrogens (primary N) is 1. The molecule has 2 rings (SSSR count). The van der Waals surface area contributed by atoms with Crippen LogP contribution in [-0.2, 0) is 0 Å². The van der Waals surface area contributed by atoms with Crippen molar-refractivity contribution < 1.29 is 9.47 Å². The molecule has 112 valence electrons. The maximum atomic E-state index is 6.36. The minimum Gasteiger partial charge on any atom is -0.493 e. The van der Waals surface area contributed by atoms with Crippen LogP contribution >= 0.6 is 0 Å². The van der Waals surface area contributed by atoms with E-state index in [0.29, 0.717) is 5.92 Å². The lowest BCUT2D eigenvalue weighted by molar-refractivity contribution is 0.0280. The van der Waals surface area contributed by atoms with Crippen molar-refractivity contribution in [3.8, 4) is 11.5 Å². The highest BCUT2D eigenvalue weighted by Crippen LogP contribution is 2.42. The van der Waals surface area contributed by atoms with Crippen molar-refractivity contribution in [1.29, 1.82) is 0 Å². The van der Waals surface area contributed by atoms with Gasteiger partial charge in [-0.1, -0.05) is 27.7 Å². The second-order valence-corrected chi connectivity index (χ2v) is 6.21. The largest absolute Gasteiger partial charge is 0.493 e. The predicted molar refractivity (Wildman–Crippen MR) is 82.3 cm³/mol. The minimum absolute atomic E-state index is 0.0289. The molecule has 1 heterocycles. The smallest absolute Gasteiger partial charge is 0.125 e. The molecule has 0 bridgehead atoms. The van der Waals surface area contributed by atoms with E-state index in [-0.39, 0.29) is 11.6 Å². The van der Waals surface area contributed by atoms with Gasteiger partial charge in [0.2, 0.25) is 0 Å². The van der Waals surface area contributed by atoms with Gasteiger partial charge < -0.3 is 15.2 Å². The van der Waals surface area contributed by atoms with E-state index in [1.165, 1.54) is 0 Å². The van der Waals surface area contributed by atoms with Crippen LogP contribution in [0.3, 0.4) is 0 Å². The second-order valence-electron chi connectivity index (χ2n) is 6.21. The summed E-state index contributed by atoms with van der Waals surface area (Å²) in [6.07, 6.45) is 2.85. The summed E-state index contributed by atoms with van der Waals surface area (Å²) in [6.45, 7) is 9.35. The molecular formula is C17H27NO2. The number of hydrogen-bond donors (Lipinski definition) is 1. The van der Waals surface area contributed by atoms with E-state index in [0.717, 1.165) is 42.9 Å². The maximum Gasteiger partial charge on any atom is 0.125 e. The van der Waals surface area contributed by atoms with Gasteiger partial charge in [0.1, 0.15) is 17.1 Å². The molecule has 3 nitrogen and oxygen atoms in total. The van der Waals surface area contributed by atoms with Gasteiger partial charge >= 0.3 is 0 Å². The van der Waals surface area contributed by atoms with Crippen LogP contribution in [0.25, 0.3) is 0 Å². The van der Waals surface area contributed by atoms with E-state index in [2.05, 4.69) is 27.7 Å². The molecule has 1 atom stereocenters. The fourth-order valence-corrected chi connectivity index (χ4v) is 2.73. The molecule has 2 N–H and O–H groups in total. The first-order valence-electron chi connectivity index (χ1n) is 7.71. The van der Waals surface area contributed by atoms with Gasteiger partial charge in [0.05, 0.1) is 6.61 Å². The second kappa shape index (κ2) is 6.04. The Bertz CT molecular complexity index is 452. The summed E-state index contributed by atoms with van der Waals surface area (Å²) in [5.74, 6) is 2.32. The molecule has 0 aromatic heterocycles. The fraction of sp³-hybridized carbons (Fsp3) is 0.647. The van der Waals surface area contributed by atoms with Crippen LogP contribution in [-0.4, -0.2) is 12.2 Å². The topological polar surface area (TPSA) is 44.5 Å². The molecule has 1 aliphatic rings. The molecule has 1 unspecified atom stereocenters. The lowest BCUT2D eigenvalue weighted by Crippen LogP contribution is -2.41. The number of benzene rings is 1. The quantitative estimate of drug-likeness (QED) is 0.882. The SMILES string of the molecule is CCC1(CC)CC(N)c2cc(OCC(C)C)ccc2O1. The monoisotopic (exact) mass is 277 g/mol. The zero-order chi connectivity index (χ0) is 14.8. The van der Waals surface area contributed by atoms with Crippen LogP contribution in [0.4, 0.5) is 0 Å². The lowest BCUT2D eigenvalue weighted by Gasteiger charge is -2.40. The Balaban J connectivity index is 2.21. The summed E-state index contributed by atoms with van der Waals surface area (Å²) in [5.41, 5.74) is 7.33. The molecule has 0 spiro atoms. The highest BCUT2D eigenvalue weighted by molar-refractivity contribution is 5.44.